The molecule has 2 heterocycles. The van der Waals surface area contributed by atoms with Crippen molar-refractivity contribution in [2.75, 3.05) is 21.3 Å². The molecule has 0 bridgehead atoms. The van der Waals surface area contributed by atoms with E-state index in [0.29, 0.717) is 28.6 Å². The predicted molar refractivity (Wildman–Crippen MR) is 133 cm³/mol. The summed E-state index contributed by atoms with van der Waals surface area (Å²) in [7, 11) is -7.44. The van der Waals surface area contributed by atoms with Crippen LogP contribution in [0.1, 0.15) is 0 Å². The minimum absolute atomic E-state index is 0.0477. The fraction of sp³-hybridized carbons (Fsp3) is 0.0909. The van der Waals surface area contributed by atoms with Crippen molar-refractivity contribution >= 4 is 65.5 Å². The lowest BCUT2D eigenvalue weighted by atomic mass is 10.1. The van der Waals surface area contributed by atoms with Gasteiger partial charge in [0.2, 0.25) is 10.0 Å². The van der Waals surface area contributed by atoms with Gasteiger partial charge in [0.25, 0.3) is 10.0 Å². The number of fused-ring (bicyclic) bond motifs is 1. The molecule has 0 radical (unpaired) electrons. The van der Waals surface area contributed by atoms with Crippen LogP contribution in [0.15, 0.2) is 71.8 Å². The molecule has 0 aliphatic carbocycles. The Hall–Kier alpha value is -2.92. The Morgan fingerprint density at radius 3 is 2.47 bits per heavy atom. The van der Waals surface area contributed by atoms with E-state index in [-0.39, 0.29) is 21.4 Å². The van der Waals surface area contributed by atoms with Gasteiger partial charge in [0.15, 0.2) is 5.82 Å². The standard InChI is InChI=1S/C22H16Cl2N4O4S2/c23-18-7-5-15(11-17(18)22-25-13-14-3-1-2-4-20(14)26-22)27-34(31,32)21-8-6-16(12-19(21)24)28-9-10-33(28,29)30/h1-8,11-13,27H,9-10H2. The Labute approximate surface area is 206 Å². The largest absolute Gasteiger partial charge is 0.280 e. The lowest BCUT2D eigenvalue weighted by Gasteiger charge is -2.32. The molecule has 174 valence electrons. The molecule has 3 aromatic carbocycles. The van der Waals surface area contributed by atoms with E-state index in [1.807, 2.05) is 24.3 Å². The molecule has 4 aromatic rings. The monoisotopic (exact) mass is 534 g/mol. The molecule has 1 aliphatic rings. The van der Waals surface area contributed by atoms with Crippen LogP contribution in [0.5, 0.6) is 0 Å². The van der Waals surface area contributed by atoms with Crippen LogP contribution in [0.3, 0.4) is 0 Å². The molecule has 1 aliphatic heterocycles. The Kier molecular flexibility index (Phi) is 5.64. The van der Waals surface area contributed by atoms with Gasteiger partial charge in [-0.2, -0.15) is 0 Å². The first-order valence-electron chi connectivity index (χ1n) is 9.99. The molecule has 1 fully saturated rings. The zero-order valence-corrected chi connectivity index (χ0v) is 20.5. The van der Waals surface area contributed by atoms with Gasteiger partial charge in [-0.3, -0.25) is 9.03 Å². The van der Waals surface area contributed by atoms with Crippen molar-refractivity contribution < 1.29 is 16.8 Å². The molecule has 0 saturated carbocycles. The topological polar surface area (TPSA) is 109 Å². The highest BCUT2D eigenvalue weighted by Crippen LogP contribution is 2.33. The average Bonchev–Trinajstić information content (AvgIpc) is 2.79. The Morgan fingerprint density at radius 2 is 1.76 bits per heavy atom. The highest BCUT2D eigenvalue weighted by molar-refractivity contribution is 7.94. The van der Waals surface area contributed by atoms with Crippen molar-refractivity contribution in [1.82, 2.24) is 9.97 Å². The summed E-state index contributed by atoms with van der Waals surface area (Å²) in [6.07, 6.45) is 1.67. The second-order valence-corrected chi connectivity index (χ2v) is 12.0. The summed E-state index contributed by atoms with van der Waals surface area (Å²) in [6, 6.07) is 16.1. The SMILES string of the molecule is O=S(=O)(Nc1ccc(Cl)c(-c2ncc3ccccc3n2)c1)c1ccc(N2CCS2(=O)=O)cc1Cl. The van der Waals surface area contributed by atoms with E-state index in [1.54, 1.807) is 18.3 Å². The quantitative estimate of drug-likeness (QED) is 0.402. The van der Waals surface area contributed by atoms with E-state index in [9.17, 15) is 16.8 Å². The molecule has 5 rings (SSSR count). The number of para-hydroxylation sites is 1. The number of nitrogens with one attached hydrogen (secondary N) is 1. The third-order valence-corrected chi connectivity index (χ3v) is 9.29. The van der Waals surface area contributed by atoms with Crippen LogP contribution in [-0.2, 0) is 20.0 Å². The Balaban J connectivity index is 1.46. The Bertz CT molecular complexity index is 1660. The van der Waals surface area contributed by atoms with Gasteiger partial charge in [-0.25, -0.2) is 26.8 Å². The molecule has 0 spiro atoms. The Morgan fingerprint density at radius 1 is 0.971 bits per heavy atom. The van der Waals surface area contributed by atoms with Gasteiger partial charge in [-0.15, -0.1) is 0 Å². The maximum Gasteiger partial charge on any atom is 0.263 e. The van der Waals surface area contributed by atoms with Crippen molar-refractivity contribution in [3.8, 4) is 11.4 Å². The number of halogens is 2. The van der Waals surface area contributed by atoms with Crippen LogP contribution < -0.4 is 9.03 Å². The van der Waals surface area contributed by atoms with Crippen LogP contribution >= 0.6 is 23.2 Å². The number of hydrogen-bond donors (Lipinski definition) is 1. The molecule has 12 heteroatoms. The summed E-state index contributed by atoms with van der Waals surface area (Å²) in [5, 5.41) is 1.12. The molecule has 1 saturated heterocycles. The average molecular weight is 535 g/mol. The first-order chi connectivity index (χ1) is 16.1. The van der Waals surface area contributed by atoms with E-state index in [2.05, 4.69) is 14.7 Å². The molecular weight excluding hydrogens is 519 g/mol. The molecule has 0 unspecified atom stereocenters. The van der Waals surface area contributed by atoms with Gasteiger partial charge < -0.3 is 0 Å². The minimum Gasteiger partial charge on any atom is -0.280 e. The predicted octanol–water partition coefficient (Wildman–Crippen LogP) is 4.55. The molecular formula is C22H16Cl2N4O4S2. The molecule has 0 amide bonds. The number of anilines is 2. The normalized spacial score (nSPS) is 15.2. The lowest BCUT2D eigenvalue weighted by molar-refractivity contribution is 0.578. The highest BCUT2D eigenvalue weighted by Gasteiger charge is 2.33. The molecule has 1 N–H and O–H groups in total. The summed E-state index contributed by atoms with van der Waals surface area (Å²) in [4.78, 5) is 8.69. The number of sulfonamides is 2. The summed E-state index contributed by atoms with van der Waals surface area (Å²) in [5.41, 5.74) is 1.74. The fourth-order valence-electron chi connectivity index (χ4n) is 3.56. The zero-order chi connectivity index (χ0) is 24.1. The number of nitrogens with zero attached hydrogens (tertiary/aromatic N) is 3. The van der Waals surface area contributed by atoms with Gasteiger partial charge in [-0.05, 0) is 42.5 Å². The van der Waals surface area contributed by atoms with Crippen LogP contribution in [0.25, 0.3) is 22.3 Å². The zero-order valence-electron chi connectivity index (χ0n) is 17.3. The van der Waals surface area contributed by atoms with Crippen molar-refractivity contribution in [3.63, 3.8) is 0 Å². The summed E-state index contributed by atoms with van der Waals surface area (Å²) >= 11 is 12.6. The van der Waals surface area contributed by atoms with Crippen molar-refractivity contribution in [2.24, 2.45) is 0 Å². The number of hydrogen-bond acceptors (Lipinski definition) is 6. The first-order valence-corrected chi connectivity index (χ1v) is 13.8. The van der Waals surface area contributed by atoms with E-state index in [4.69, 9.17) is 23.2 Å². The number of rotatable bonds is 5. The van der Waals surface area contributed by atoms with Crippen LogP contribution in [0.4, 0.5) is 11.4 Å². The van der Waals surface area contributed by atoms with Crippen molar-refractivity contribution in [2.45, 2.75) is 4.90 Å². The van der Waals surface area contributed by atoms with Gasteiger partial charge in [0.1, 0.15) is 4.90 Å². The van der Waals surface area contributed by atoms with Crippen LogP contribution in [-0.4, -0.2) is 39.1 Å². The summed E-state index contributed by atoms with van der Waals surface area (Å²) < 4.78 is 53.4. The van der Waals surface area contributed by atoms with Crippen LogP contribution in [0, 0.1) is 0 Å². The molecule has 1 aromatic heterocycles. The highest BCUT2D eigenvalue weighted by atomic mass is 35.5. The maximum absolute atomic E-state index is 13.0. The number of aromatic nitrogens is 2. The maximum atomic E-state index is 13.0. The van der Waals surface area contributed by atoms with Crippen LogP contribution in [0.2, 0.25) is 10.0 Å². The van der Waals surface area contributed by atoms with Gasteiger partial charge >= 0.3 is 0 Å². The van der Waals surface area contributed by atoms with Gasteiger partial charge in [0.05, 0.1) is 27.0 Å². The van der Waals surface area contributed by atoms with Crippen molar-refractivity contribution in [3.05, 3.63) is 76.9 Å². The van der Waals surface area contributed by atoms with E-state index in [0.717, 1.165) is 10.9 Å². The second-order valence-electron chi connectivity index (χ2n) is 7.56. The summed E-state index contributed by atoms with van der Waals surface area (Å²) in [5.74, 6) is 0.398. The summed E-state index contributed by atoms with van der Waals surface area (Å²) in [6.45, 7) is 0.327. The second kappa shape index (κ2) is 8.38. The molecule has 34 heavy (non-hydrogen) atoms. The van der Waals surface area contributed by atoms with E-state index >= 15 is 0 Å². The third-order valence-electron chi connectivity index (χ3n) is 5.33. The smallest absolute Gasteiger partial charge is 0.263 e. The number of benzene rings is 3. The fourth-order valence-corrected chi connectivity index (χ4v) is 6.45. The lowest BCUT2D eigenvalue weighted by Crippen LogP contribution is -2.47. The minimum atomic E-state index is -4.08. The van der Waals surface area contributed by atoms with Gasteiger partial charge in [0, 0.05) is 29.4 Å². The van der Waals surface area contributed by atoms with E-state index < -0.39 is 20.0 Å². The van der Waals surface area contributed by atoms with Crippen molar-refractivity contribution in [1.29, 1.82) is 0 Å². The molecule has 8 nitrogen and oxygen atoms in total. The third kappa shape index (κ3) is 4.18. The molecule has 0 atom stereocenters. The van der Waals surface area contributed by atoms with E-state index in [1.165, 1.54) is 28.6 Å². The first kappa shape index (κ1) is 22.9. The van der Waals surface area contributed by atoms with Gasteiger partial charge in [-0.1, -0.05) is 41.4 Å².